The van der Waals surface area contributed by atoms with E-state index in [0.29, 0.717) is 19.7 Å². The fourth-order valence-corrected chi connectivity index (χ4v) is 4.60. The number of carbonyl (C=O) groups is 1. The maximum absolute atomic E-state index is 15.6. The number of rotatable bonds is 9. The van der Waals surface area contributed by atoms with Crippen molar-refractivity contribution in [3.05, 3.63) is 59.4 Å². The van der Waals surface area contributed by atoms with Crippen molar-refractivity contribution in [3.8, 4) is 5.88 Å². The number of pyridine rings is 1. The van der Waals surface area contributed by atoms with Gasteiger partial charge in [-0.2, -0.15) is 10.1 Å². The molecule has 194 valence electrons. The number of nitrogen functional groups attached to an aromatic ring is 1. The van der Waals surface area contributed by atoms with Gasteiger partial charge in [0.2, 0.25) is 5.88 Å². The molecule has 1 amide bonds. The van der Waals surface area contributed by atoms with E-state index in [4.69, 9.17) is 15.2 Å². The number of amides is 1. The van der Waals surface area contributed by atoms with Crippen LogP contribution in [0.5, 0.6) is 5.88 Å². The molecular weight excluding hydrogens is 475 g/mol. The molecule has 10 heteroatoms. The molecule has 2 saturated heterocycles. The van der Waals surface area contributed by atoms with Gasteiger partial charge in [-0.3, -0.25) is 0 Å². The van der Waals surface area contributed by atoms with E-state index >= 15 is 4.39 Å². The molecule has 3 heterocycles. The molecule has 0 unspecified atom stereocenters. The van der Waals surface area contributed by atoms with Crippen LogP contribution in [0.15, 0.2) is 47.6 Å². The van der Waals surface area contributed by atoms with Crippen molar-refractivity contribution < 1.29 is 18.7 Å². The van der Waals surface area contributed by atoms with Gasteiger partial charge in [-0.25, -0.2) is 9.18 Å². The maximum Gasteiger partial charge on any atom is 0.410 e. The largest absolute Gasteiger partial charge is 0.474 e. The van der Waals surface area contributed by atoms with Crippen molar-refractivity contribution >= 4 is 34.6 Å². The predicted molar refractivity (Wildman–Crippen MR) is 141 cm³/mol. The van der Waals surface area contributed by atoms with Crippen molar-refractivity contribution in [2.24, 2.45) is 5.10 Å². The van der Waals surface area contributed by atoms with Crippen LogP contribution in [0.4, 0.5) is 20.7 Å². The lowest BCUT2D eigenvalue weighted by molar-refractivity contribution is 0.152. The van der Waals surface area contributed by atoms with E-state index in [9.17, 15) is 4.79 Å². The highest BCUT2D eigenvalue weighted by Crippen LogP contribution is 2.33. The number of hydrogen-bond donors (Lipinski definition) is 2. The first-order valence-electron chi connectivity index (χ1n) is 12.6. The van der Waals surface area contributed by atoms with E-state index in [1.807, 2.05) is 41.3 Å². The Kier molecular flexibility index (Phi) is 7.53. The van der Waals surface area contributed by atoms with E-state index < -0.39 is 5.82 Å². The minimum absolute atomic E-state index is 0.0694. The Bertz CT molecular complexity index is 1290. The smallest absolute Gasteiger partial charge is 0.410 e. The number of cyclic esters (lactones) is 1. The third-order valence-electron chi connectivity index (χ3n) is 6.66. The molecule has 37 heavy (non-hydrogen) atoms. The molecule has 1 aromatic heterocycles. The number of hydrogen-bond acceptors (Lipinski definition) is 8. The molecule has 0 radical (unpaired) electrons. The Labute approximate surface area is 215 Å². The molecule has 2 fully saturated rings. The van der Waals surface area contributed by atoms with Crippen molar-refractivity contribution in [1.82, 2.24) is 15.3 Å². The molecule has 3 N–H and O–H groups in total. The molecule has 0 atom stereocenters. The van der Waals surface area contributed by atoms with Crippen LogP contribution >= 0.6 is 0 Å². The first kappa shape index (κ1) is 24.6. The number of nitrogens with zero attached hydrogens (tertiary/aromatic N) is 4. The Morgan fingerprint density at radius 2 is 1.95 bits per heavy atom. The number of nitrogens with one attached hydrogen (secondary N) is 1. The highest BCUT2D eigenvalue weighted by molar-refractivity contribution is 5.90. The second kappa shape index (κ2) is 11.3. The Morgan fingerprint density at radius 1 is 1.14 bits per heavy atom. The molecule has 0 saturated carbocycles. The van der Waals surface area contributed by atoms with Gasteiger partial charge in [-0.15, -0.1) is 0 Å². The first-order valence-corrected chi connectivity index (χ1v) is 12.6. The lowest BCUT2D eigenvalue weighted by atomic mass is 10.1. The van der Waals surface area contributed by atoms with Crippen LogP contribution in [0.2, 0.25) is 0 Å². The van der Waals surface area contributed by atoms with Gasteiger partial charge in [0, 0.05) is 18.7 Å². The standard InChI is InChI=1S/C27H31FN6O3/c28-23-22(18-31-30-17-19-8-9-20-6-2-3-7-21(20)16-19)24(29)26(32-25(23)33-10-4-1-5-11-33)36-14-12-34-13-15-37-27(34)35/h2-3,6-9,16-17,31H,1,4-5,10-15,18,29H2/b30-17+. The van der Waals surface area contributed by atoms with E-state index in [1.54, 1.807) is 11.1 Å². The van der Waals surface area contributed by atoms with Gasteiger partial charge in [0.1, 0.15) is 18.9 Å². The third-order valence-corrected chi connectivity index (χ3v) is 6.66. The van der Waals surface area contributed by atoms with Crippen molar-refractivity contribution in [2.45, 2.75) is 25.8 Å². The van der Waals surface area contributed by atoms with Crippen LogP contribution in [0.3, 0.4) is 0 Å². The summed E-state index contributed by atoms with van der Waals surface area (Å²) in [6.07, 6.45) is 4.39. The molecule has 0 spiro atoms. The topological polar surface area (TPSA) is 105 Å². The zero-order valence-electron chi connectivity index (χ0n) is 20.7. The van der Waals surface area contributed by atoms with Gasteiger partial charge in [-0.1, -0.05) is 36.4 Å². The SMILES string of the molecule is Nc1c(OCCN2CCOC2=O)nc(N2CCCCC2)c(F)c1CN/N=C/c1ccc2ccccc2c1. The molecule has 2 aliphatic rings. The molecule has 2 aliphatic heterocycles. The number of fused-ring (bicyclic) bond motifs is 1. The summed E-state index contributed by atoms with van der Waals surface area (Å²) in [6, 6.07) is 14.1. The zero-order chi connectivity index (χ0) is 25.6. The number of ether oxygens (including phenoxy) is 2. The highest BCUT2D eigenvalue weighted by Gasteiger charge is 2.25. The lowest BCUT2D eigenvalue weighted by Crippen LogP contribution is -2.32. The monoisotopic (exact) mass is 506 g/mol. The van der Waals surface area contributed by atoms with E-state index in [-0.39, 0.29) is 42.2 Å². The molecule has 2 aromatic carbocycles. The number of piperidine rings is 1. The van der Waals surface area contributed by atoms with Gasteiger partial charge < -0.3 is 30.4 Å². The number of carbonyl (C=O) groups excluding carboxylic acids is 1. The predicted octanol–water partition coefficient (Wildman–Crippen LogP) is 3.90. The van der Waals surface area contributed by atoms with Crippen molar-refractivity contribution in [1.29, 1.82) is 0 Å². The van der Waals surface area contributed by atoms with Crippen LogP contribution in [0.1, 0.15) is 30.4 Å². The molecular formula is C27H31FN6O3. The molecule has 5 rings (SSSR count). The third kappa shape index (κ3) is 5.68. The Hall–Kier alpha value is -4.08. The number of halogens is 1. The summed E-state index contributed by atoms with van der Waals surface area (Å²) < 4.78 is 26.4. The van der Waals surface area contributed by atoms with Crippen molar-refractivity contribution in [2.75, 3.05) is 50.0 Å². The van der Waals surface area contributed by atoms with E-state index in [0.717, 1.165) is 48.7 Å². The summed E-state index contributed by atoms with van der Waals surface area (Å²) in [4.78, 5) is 19.6. The first-order chi connectivity index (χ1) is 18.1. The lowest BCUT2D eigenvalue weighted by Gasteiger charge is -2.29. The summed E-state index contributed by atoms with van der Waals surface area (Å²) in [7, 11) is 0. The van der Waals surface area contributed by atoms with Gasteiger partial charge in [-0.05, 0) is 41.7 Å². The van der Waals surface area contributed by atoms with Crippen LogP contribution in [0, 0.1) is 5.82 Å². The van der Waals surface area contributed by atoms with Crippen LogP contribution in [0.25, 0.3) is 10.8 Å². The number of hydrazone groups is 1. The number of anilines is 2. The number of nitrogens with two attached hydrogens (primary N) is 1. The zero-order valence-corrected chi connectivity index (χ0v) is 20.7. The fraction of sp³-hybridized carbons (Fsp3) is 0.370. The number of aromatic nitrogens is 1. The highest BCUT2D eigenvalue weighted by atomic mass is 19.1. The molecule has 0 bridgehead atoms. The summed E-state index contributed by atoms with van der Waals surface area (Å²) in [5, 5.41) is 6.56. The van der Waals surface area contributed by atoms with Gasteiger partial charge in [0.15, 0.2) is 11.6 Å². The summed E-state index contributed by atoms with van der Waals surface area (Å²) in [6.45, 7) is 2.90. The number of benzene rings is 2. The van der Waals surface area contributed by atoms with Crippen LogP contribution in [-0.4, -0.2) is 61.6 Å². The minimum Gasteiger partial charge on any atom is -0.474 e. The van der Waals surface area contributed by atoms with Crippen LogP contribution < -0.4 is 20.8 Å². The normalized spacial score (nSPS) is 16.0. The molecule has 9 nitrogen and oxygen atoms in total. The van der Waals surface area contributed by atoms with Crippen LogP contribution in [-0.2, 0) is 11.3 Å². The molecule has 3 aromatic rings. The fourth-order valence-electron chi connectivity index (χ4n) is 4.60. The second-order valence-electron chi connectivity index (χ2n) is 9.14. The quantitative estimate of drug-likeness (QED) is 0.335. The second-order valence-corrected chi connectivity index (χ2v) is 9.14. The average Bonchev–Trinajstić information content (AvgIpc) is 3.34. The summed E-state index contributed by atoms with van der Waals surface area (Å²) in [5.41, 5.74) is 10.5. The van der Waals surface area contributed by atoms with E-state index in [2.05, 4.69) is 21.6 Å². The maximum atomic E-state index is 15.6. The van der Waals surface area contributed by atoms with Crippen molar-refractivity contribution in [3.63, 3.8) is 0 Å². The molecule has 0 aliphatic carbocycles. The van der Waals surface area contributed by atoms with Gasteiger partial charge >= 0.3 is 6.09 Å². The van der Waals surface area contributed by atoms with Gasteiger partial charge in [0.05, 0.1) is 25.8 Å². The Balaban J connectivity index is 1.32. The van der Waals surface area contributed by atoms with E-state index in [1.165, 1.54) is 0 Å². The summed E-state index contributed by atoms with van der Waals surface area (Å²) >= 11 is 0. The average molecular weight is 507 g/mol. The Morgan fingerprint density at radius 3 is 2.73 bits per heavy atom. The summed E-state index contributed by atoms with van der Waals surface area (Å²) in [5.74, 6) is -0.0760. The minimum atomic E-state index is -0.469. The van der Waals surface area contributed by atoms with Gasteiger partial charge in [0.25, 0.3) is 0 Å².